The first-order valence-electron chi connectivity index (χ1n) is 6.51. The van der Waals surface area contributed by atoms with Crippen LogP contribution in [0.25, 0.3) is 0 Å². The van der Waals surface area contributed by atoms with Gasteiger partial charge in [-0.3, -0.25) is 0 Å². The lowest BCUT2D eigenvalue weighted by molar-refractivity contribution is 0.305. The van der Waals surface area contributed by atoms with Crippen molar-refractivity contribution >= 4 is 28.2 Å². The Kier molecular flexibility index (Phi) is 6.05. The summed E-state index contributed by atoms with van der Waals surface area (Å²) in [6.07, 6.45) is 0.517. The Morgan fingerprint density at radius 3 is 2.62 bits per heavy atom. The smallest absolute Gasteiger partial charge is 0.208 e. The number of benzene rings is 1. The van der Waals surface area contributed by atoms with Gasteiger partial charge in [-0.25, -0.2) is 0 Å². The maximum atomic E-state index is 8.68. The molecular weight excluding hydrogens is 302 g/mol. The Balaban J connectivity index is 1.90. The van der Waals surface area contributed by atoms with Crippen LogP contribution in [0.5, 0.6) is 0 Å². The minimum Gasteiger partial charge on any atom is -0.395 e. The number of hydrogen-bond donors (Lipinski definition) is 1. The predicted octanol–water partition coefficient (Wildman–Crippen LogP) is 2.63. The van der Waals surface area contributed by atoms with Gasteiger partial charge in [-0.1, -0.05) is 47.1 Å². The largest absolute Gasteiger partial charge is 0.395 e. The second-order valence-corrected chi connectivity index (χ2v) is 6.68. The number of hydrogen-bond acceptors (Lipinski definition) is 6. The lowest BCUT2D eigenvalue weighted by Crippen LogP contribution is -2.07. The van der Waals surface area contributed by atoms with E-state index >= 15 is 0 Å². The van der Waals surface area contributed by atoms with Gasteiger partial charge in [0.25, 0.3) is 0 Å². The highest BCUT2D eigenvalue weighted by Gasteiger charge is 2.06. The molecule has 1 aromatic heterocycles. The summed E-state index contributed by atoms with van der Waals surface area (Å²) in [5.41, 5.74) is 2.21. The average Bonchev–Trinajstić information content (AvgIpc) is 2.96. The highest BCUT2D eigenvalue weighted by atomic mass is 32.2. The van der Waals surface area contributed by atoms with E-state index in [-0.39, 0.29) is 6.61 Å². The third-order valence-corrected chi connectivity index (χ3v) is 4.86. The van der Waals surface area contributed by atoms with Crippen molar-refractivity contribution in [3.8, 4) is 11.8 Å². The molecule has 0 amide bonds. The SMILES string of the molecule is CN(C)c1nnc(SCc2ccc(C#CCCO)cc2)s1. The molecule has 0 spiro atoms. The standard InChI is InChI=1S/C15H17N3OS2/c1-18(2)14-16-17-15(21-14)20-11-13-8-6-12(7-9-13)5-3-4-10-19/h6-9,19H,4,10-11H2,1-2H3. The van der Waals surface area contributed by atoms with Gasteiger partial charge in [0.2, 0.25) is 5.13 Å². The molecular formula is C15H17N3OS2. The van der Waals surface area contributed by atoms with Gasteiger partial charge in [-0.2, -0.15) is 0 Å². The molecule has 0 saturated carbocycles. The van der Waals surface area contributed by atoms with Gasteiger partial charge in [0.1, 0.15) is 0 Å². The molecule has 4 nitrogen and oxygen atoms in total. The molecule has 0 fully saturated rings. The van der Waals surface area contributed by atoms with Gasteiger partial charge < -0.3 is 10.0 Å². The first-order valence-corrected chi connectivity index (χ1v) is 8.31. The van der Waals surface area contributed by atoms with E-state index < -0.39 is 0 Å². The van der Waals surface area contributed by atoms with Crippen molar-refractivity contribution in [1.82, 2.24) is 10.2 Å². The minimum absolute atomic E-state index is 0.110. The van der Waals surface area contributed by atoms with Crippen LogP contribution in [-0.4, -0.2) is 36.0 Å². The van der Waals surface area contributed by atoms with E-state index in [2.05, 4.69) is 34.2 Å². The summed E-state index contributed by atoms with van der Waals surface area (Å²) in [7, 11) is 3.93. The van der Waals surface area contributed by atoms with Crippen LogP contribution in [0.2, 0.25) is 0 Å². The molecule has 0 aliphatic heterocycles. The zero-order chi connectivity index (χ0) is 15.1. The molecule has 0 aliphatic rings. The van der Waals surface area contributed by atoms with E-state index in [1.807, 2.05) is 31.1 Å². The Morgan fingerprint density at radius 2 is 2.00 bits per heavy atom. The quantitative estimate of drug-likeness (QED) is 0.678. The summed E-state index contributed by atoms with van der Waals surface area (Å²) < 4.78 is 0.977. The number of aliphatic hydroxyl groups excluding tert-OH is 1. The topological polar surface area (TPSA) is 49.2 Å². The summed E-state index contributed by atoms with van der Waals surface area (Å²) in [5, 5.41) is 17.9. The van der Waals surface area contributed by atoms with Crippen molar-refractivity contribution in [2.45, 2.75) is 16.5 Å². The molecule has 0 radical (unpaired) electrons. The molecule has 1 aromatic carbocycles. The van der Waals surface area contributed by atoms with Crippen molar-refractivity contribution in [2.24, 2.45) is 0 Å². The summed E-state index contributed by atoms with van der Waals surface area (Å²) >= 11 is 3.29. The van der Waals surface area contributed by atoms with E-state index in [1.54, 1.807) is 23.1 Å². The molecule has 1 heterocycles. The fourth-order valence-electron chi connectivity index (χ4n) is 1.49. The van der Waals surface area contributed by atoms with Crippen molar-refractivity contribution in [3.05, 3.63) is 35.4 Å². The van der Waals surface area contributed by atoms with Crippen LogP contribution in [0.15, 0.2) is 28.6 Å². The van der Waals surface area contributed by atoms with Gasteiger partial charge in [0, 0.05) is 31.8 Å². The van der Waals surface area contributed by atoms with E-state index in [4.69, 9.17) is 5.11 Å². The zero-order valence-electron chi connectivity index (χ0n) is 12.0. The molecule has 0 saturated heterocycles. The summed E-state index contributed by atoms with van der Waals surface area (Å²) in [5.74, 6) is 6.80. The van der Waals surface area contributed by atoms with Gasteiger partial charge in [-0.15, -0.1) is 10.2 Å². The highest BCUT2D eigenvalue weighted by molar-refractivity contribution is 8.00. The lowest BCUT2D eigenvalue weighted by Gasteiger charge is -2.03. The molecule has 0 unspecified atom stereocenters. The first-order chi connectivity index (χ1) is 10.2. The highest BCUT2D eigenvalue weighted by Crippen LogP contribution is 2.29. The molecule has 2 aromatic rings. The molecule has 6 heteroatoms. The van der Waals surface area contributed by atoms with Crippen LogP contribution in [-0.2, 0) is 5.75 Å². The fourth-order valence-corrected chi connectivity index (χ4v) is 3.21. The number of aliphatic hydroxyl groups is 1. The number of nitrogens with zero attached hydrogens (tertiary/aromatic N) is 3. The van der Waals surface area contributed by atoms with Crippen LogP contribution >= 0.6 is 23.1 Å². The second kappa shape index (κ2) is 8.03. The molecule has 0 aliphatic carbocycles. The second-order valence-electron chi connectivity index (χ2n) is 4.51. The molecule has 0 atom stereocenters. The zero-order valence-corrected chi connectivity index (χ0v) is 13.7. The van der Waals surface area contributed by atoms with Crippen LogP contribution in [0, 0.1) is 11.8 Å². The van der Waals surface area contributed by atoms with Gasteiger partial charge in [-0.05, 0) is 17.7 Å². The maximum absolute atomic E-state index is 8.68. The normalized spacial score (nSPS) is 10.0. The minimum atomic E-state index is 0.110. The third-order valence-electron chi connectivity index (χ3n) is 2.56. The molecule has 21 heavy (non-hydrogen) atoms. The molecule has 2 rings (SSSR count). The van der Waals surface area contributed by atoms with Crippen molar-refractivity contribution in [3.63, 3.8) is 0 Å². The number of aromatic nitrogens is 2. The number of thioether (sulfide) groups is 1. The van der Waals surface area contributed by atoms with E-state index in [1.165, 1.54) is 5.56 Å². The van der Waals surface area contributed by atoms with Crippen LogP contribution < -0.4 is 4.90 Å². The third kappa shape index (κ3) is 5.05. The van der Waals surface area contributed by atoms with Crippen molar-refractivity contribution < 1.29 is 5.11 Å². The molecule has 110 valence electrons. The number of anilines is 1. The van der Waals surface area contributed by atoms with E-state index in [0.29, 0.717) is 6.42 Å². The van der Waals surface area contributed by atoms with Gasteiger partial charge in [0.05, 0.1) is 6.61 Å². The Morgan fingerprint density at radius 1 is 1.24 bits per heavy atom. The van der Waals surface area contributed by atoms with Crippen LogP contribution in [0.1, 0.15) is 17.5 Å². The summed E-state index contributed by atoms with van der Waals surface area (Å²) in [6, 6.07) is 8.16. The fraction of sp³-hybridized carbons (Fsp3) is 0.333. The monoisotopic (exact) mass is 319 g/mol. The van der Waals surface area contributed by atoms with E-state index in [9.17, 15) is 0 Å². The predicted molar refractivity (Wildman–Crippen MR) is 88.8 cm³/mol. The first kappa shape index (κ1) is 15.8. The van der Waals surface area contributed by atoms with E-state index in [0.717, 1.165) is 20.8 Å². The Bertz CT molecular complexity index is 626. The Labute approximate surface area is 133 Å². The maximum Gasteiger partial charge on any atom is 0.208 e. The van der Waals surface area contributed by atoms with Gasteiger partial charge >= 0.3 is 0 Å². The van der Waals surface area contributed by atoms with Crippen molar-refractivity contribution in [2.75, 3.05) is 25.6 Å². The Hall–Kier alpha value is -1.55. The van der Waals surface area contributed by atoms with Crippen LogP contribution in [0.4, 0.5) is 5.13 Å². The summed E-state index contributed by atoms with van der Waals surface area (Å²) in [4.78, 5) is 1.96. The summed E-state index contributed by atoms with van der Waals surface area (Å²) in [6.45, 7) is 0.110. The van der Waals surface area contributed by atoms with Crippen LogP contribution in [0.3, 0.4) is 0 Å². The average molecular weight is 319 g/mol. The lowest BCUT2D eigenvalue weighted by atomic mass is 10.1. The van der Waals surface area contributed by atoms with Crippen molar-refractivity contribution in [1.29, 1.82) is 0 Å². The molecule has 1 N–H and O–H groups in total. The molecule has 0 bridgehead atoms. The number of rotatable bonds is 5. The van der Waals surface area contributed by atoms with Gasteiger partial charge in [0.15, 0.2) is 4.34 Å².